The van der Waals surface area contributed by atoms with E-state index in [0.717, 1.165) is 4.88 Å². The molecular weight excluding hydrogens is 435 g/mol. The average molecular weight is 457 g/mol. The molecule has 31 heavy (non-hydrogen) atoms. The van der Waals surface area contributed by atoms with Gasteiger partial charge in [-0.05, 0) is 47.2 Å². The quantitative estimate of drug-likeness (QED) is 0.503. The lowest BCUT2D eigenvalue weighted by Gasteiger charge is -2.42. The van der Waals surface area contributed by atoms with Crippen molar-refractivity contribution in [3.8, 4) is 0 Å². The molecule has 1 aliphatic heterocycles. The molecule has 2 unspecified atom stereocenters. The Labute approximate surface area is 189 Å². The number of thiophene rings is 1. The number of halogens is 2. The molecule has 0 saturated carbocycles. The van der Waals surface area contributed by atoms with E-state index in [9.17, 15) is 14.0 Å². The van der Waals surface area contributed by atoms with Gasteiger partial charge in [0.15, 0.2) is 0 Å². The summed E-state index contributed by atoms with van der Waals surface area (Å²) in [5.41, 5.74) is 1.64. The number of carbonyl (C=O) groups excluding carboxylic acids is 2. The van der Waals surface area contributed by atoms with Crippen molar-refractivity contribution in [3.05, 3.63) is 86.8 Å². The van der Waals surface area contributed by atoms with Gasteiger partial charge in [0.25, 0.3) is 5.91 Å². The number of hydrogen-bond donors (Lipinski definition) is 1. The Hall–Kier alpha value is -2.70. The summed E-state index contributed by atoms with van der Waals surface area (Å²) in [6.07, 6.45) is 0. The van der Waals surface area contributed by atoms with E-state index in [1.165, 1.54) is 29.5 Å². The Morgan fingerprint density at radius 2 is 1.97 bits per heavy atom. The van der Waals surface area contributed by atoms with Gasteiger partial charge in [0.05, 0.1) is 17.0 Å². The first-order chi connectivity index (χ1) is 14.9. The minimum atomic E-state index is -0.616. The number of carbonyl (C=O) groups is 2. The topological polar surface area (TPSA) is 49.4 Å². The van der Waals surface area contributed by atoms with Gasteiger partial charge in [0.1, 0.15) is 5.82 Å². The summed E-state index contributed by atoms with van der Waals surface area (Å²) in [7, 11) is 0. The van der Waals surface area contributed by atoms with E-state index in [2.05, 4.69) is 19.2 Å². The lowest BCUT2D eigenvalue weighted by atomic mass is 9.81. The first kappa shape index (κ1) is 21.5. The van der Waals surface area contributed by atoms with E-state index in [0.29, 0.717) is 23.4 Å². The SMILES string of the molecule is CC(C)CN1C(=O)c2ccccc2C(C(=O)Nc2ccc(F)c(Cl)c2)C1c1cccs1. The van der Waals surface area contributed by atoms with E-state index in [-0.39, 0.29) is 22.8 Å². The zero-order chi connectivity index (χ0) is 22.1. The maximum Gasteiger partial charge on any atom is 0.254 e. The third-order valence-corrected chi connectivity index (χ3v) is 6.54. The van der Waals surface area contributed by atoms with E-state index in [1.54, 1.807) is 11.0 Å². The van der Waals surface area contributed by atoms with Crippen molar-refractivity contribution in [2.24, 2.45) is 5.92 Å². The van der Waals surface area contributed by atoms with E-state index in [1.807, 2.05) is 35.7 Å². The highest BCUT2D eigenvalue weighted by atomic mass is 35.5. The molecule has 0 spiro atoms. The Morgan fingerprint density at radius 3 is 2.65 bits per heavy atom. The molecule has 1 aliphatic rings. The van der Waals surface area contributed by atoms with Crippen LogP contribution in [0.2, 0.25) is 5.02 Å². The van der Waals surface area contributed by atoms with Gasteiger partial charge in [0.2, 0.25) is 5.91 Å². The highest BCUT2D eigenvalue weighted by molar-refractivity contribution is 7.10. The molecule has 0 aliphatic carbocycles. The summed E-state index contributed by atoms with van der Waals surface area (Å²) < 4.78 is 13.6. The predicted octanol–water partition coefficient (Wildman–Crippen LogP) is 6.12. The Balaban J connectivity index is 1.81. The molecule has 0 radical (unpaired) electrons. The number of nitrogens with one attached hydrogen (secondary N) is 1. The van der Waals surface area contributed by atoms with Gasteiger partial charge >= 0.3 is 0 Å². The molecule has 2 heterocycles. The number of benzene rings is 2. The van der Waals surface area contributed by atoms with Gasteiger partial charge in [-0.2, -0.15) is 0 Å². The smallest absolute Gasteiger partial charge is 0.254 e. The zero-order valence-corrected chi connectivity index (χ0v) is 18.7. The van der Waals surface area contributed by atoms with Crippen LogP contribution in [0, 0.1) is 11.7 Å². The van der Waals surface area contributed by atoms with Crippen LogP contribution in [0.15, 0.2) is 60.0 Å². The van der Waals surface area contributed by atoms with Crippen LogP contribution >= 0.6 is 22.9 Å². The summed E-state index contributed by atoms with van der Waals surface area (Å²) in [5.74, 6) is -1.27. The van der Waals surface area contributed by atoms with E-state index < -0.39 is 17.8 Å². The number of rotatable bonds is 5. The van der Waals surface area contributed by atoms with Crippen molar-refractivity contribution in [2.75, 3.05) is 11.9 Å². The minimum Gasteiger partial charge on any atom is -0.329 e. The van der Waals surface area contributed by atoms with Crippen LogP contribution in [-0.4, -0.2) is 23.3 Å². The van der Waals surface area contributed by atoms with Crippen LogP contribution in [-0.2, 0) is 4.79 Å². The molecular formula is C24H22ClFN2O2S. The third-order valence-electron chi connectivity index (χ3n) is 5.30. The standard InChI is InChI=1S/C24H22ClFN2O2S/c1-14(2)13-28-22(20-8-5-11-31-20)21(16-6-3-4-7-17(16)24(28)30)23(29)27-15-9-10-19(26)18(25)12-15/h3-12,14,21-22H,13H2,1-2H3,(H,27,29). The van der Waals surface area contributed by atoms with Gasteiger partial charge in [-0.3, -0.25) is 9.59 Å². The number of nitrogens with zero attached hydrogens (tertiary/aromatic N) is 1. The Morgan fingerprint density at radius 1 is 1.19 bits per heavy atom. The molecule has 2 atom stereocenters. The van der Waals surface area contributed by atoms with Crippen LogP contribution in [0.25, 0.3) is 0 Å². The van der Waals surface area contributed by atoms with Gasteiger partial charge in [0, 0.05) is 22.7 Å². The lowest BCUT2D eigenvalue weighted by molar-refractivity contribution is -0.119. The summed E-state index contributed by atoms with van der Waals surface area (Å²) in [6, 6.07) is 14.8. The minimum absolute atomic E-state index is 0.0618. The normalized spacial score (nSPS) is 18.2. The van der Waals surface area contributed by atoms with Crippen molar-refractivity contribution in [2.45, 2.75) is 25.8 Å². The summed E-state index contributed by atoms with van der Waals surface area (Å²) in [4.78, 5) is 29.7. The molecule has 1 N–H and O–H groups in total. The second kappa shape index (κ2) is 8.81. The second-order valence-corrected chi connectivity index (χ2v) is 9.38. The molecule has 0 saturated heterocycles. The molecule has 7 heteroatoms. The van der Waals surface area contributed by atoms with Crippen LogP contribution in [0.4, 0.5) is 10.1 Å². The number of hydrogen-bond acceptors (Lipinski definition) is 3. The van der Waals surface area contributed by atoms with Crippen molar-refractivity contribution in [1.29, 1.82) is 0 Å². The van der Waals surface area contributed by atoms with Crippen molar-refractivity contribution < 1.29 is 14.0 Å². The Bertz CT molecular complexity index is 1120. The molecule has 0 bridgehead atoms. The monoisotopic (exact) mass is 456 g/mol. The summed E-state index contributed by atoms with van der Waals surface area (Å²) in [6.45, 7) is 4.63. The molecule has 160 valence electrons. The predicted molar refractivity (Wildman–Crippen MR) is 122 cm³/mol. The largest absolute Gasteiger partial charge is 0.329 e. The van der Waals surface area contributed by atoms with E-state index >= 15 is 0 Å². The summed E-state index contributed by atoms with van der Waals surface area (Å²) in [5, 5.41) is 4.76. The van der Waals surface area contributed by atoms with Crippen LogP contribution in [0.1, 0.15) is 46.6 Å². The van der Waals surface area contributed by atoms with Gasteiger partial charge in [-0.25, -0.2) is 4.39 Å². The van der Waals surface area contributed by atoms with Gasteiger partial charge in [-0.1, -0.05) is 49.7 Å². The van der Waals surface area contributed by atoms with E-state index in [4.69, 9.17) is 11.6 Å². The zero-order valence-electron chi connectivity index (χ0n) is 17.1. The number of anilines is 1. The number of amides is 2. The third kappa shape index (κ3) is 4.23. The van der Waals surface area contributed by atoms with Crippen LogP contribution < -0.4 is 5.32 Å². The summed E-state index contributed by atoms with van der Waals surface area (Å²) >= 11 is 7.42. The fourth-order valence-corrected chi connectivity index (χ4v) is 5.09. The first-order valence-corrected chi connectivity index (χ1v) is 11.3. The van der Waals surface area contributed by atoms with Crippen molar-refractivity contribution >= 4 is 40.4 Å². The maximum atomic E-state index is 13.6. The van der Waals surface area contributed by atoms with Crippen molar-refractivity contribution in [1.82, 2.24) is 4.90 Å². The molecule has 2 aromatic carbocycles. The molecule has 0 fully saturated rings. The fraction of sp³-hybridized carbons (Fsp3) is 0.250. The maximum absolute atomic E-state index is 13.6. The highest BCUT2D eigenvalue weighted by Crippen LogP contribution is 2.45. The van der Waals surface area contributed by atoms with Crippen LogP contribution in [0.5, 0.6) is 0 Å². The average Bonchev–Trinajstić information content (AvgIpc) is 3.26. The number of fused-ring (bicyclic) bond motifs is 1. The van der Waals surface area contributed by atoms with Crippen LogP contribution in [0.3, 0.4) is 0 Å². The molecule has 3 aromatic rings. The lowest BCUT2D eigenvalue weighted by Crippen LogP contribution is -2.47. The van der Waals surface area contributed by atoms with Gasteiger partial charge in [-0.15, -0.1) is 11.3 Å². The molecule has 4 rings (SSSR count). The second-order valence-electron chi connectivity index (χ2n) is 7.99. The molecule has 1 aromatic heterocycles. The molecule has 4 nitrogen and oxygen atoms in total. The molecule has 2 amide bonds. The first-order valence-electron chi connectivity index (χ1n) is 10.1. The van der Waals surface area contributed by atoms with Gasteiger partial charge < -0.3 is 10.2 Å². The fourth-order valence-electron chi connectivity index (χ4n) is 4.04. The van der Waals surface area contributed by atoms with Crippen molar-refractivity contribution in [3.63, 3.8) is 0 Å². The highest BCUT2D eigenvalue weighted by Gasteiger charge is 2.44. The Kier molecular flexibility index (Phi) is 6.12.